The average Bonchev–Trinajstić information content (AvgIpc) is 3.52. The van der Waals surface area contributed by atoms with Gasteiger partial charge in [-0.15, -0.1) is 0 Å². The number of halogens is 2. The topological polar surface area (TPSA) is 126 Å². The minimum atomic E-state index is -0.711. The number of unbranched alkanes of at least 4 members (excludes halogenated alkanes) is 4. The Bertz CT molecular complexity index is 2160. The normalized spacial score (nSPS) is 18.2. The molecule has 3 amide bonds. The van der Waals surface area contributed by atoms with Crippen LogP contribution >= 0.6 is 15.9 Å². The van der Waals surface area contributed by atoms with Gasteiger partial charge in [0.15, 0.2) is 11.5 Å². The maximum atomic E-state index is 14.9. The molecule has 4 heterocycles. The summed E-state index contributed by atoms with van der Waals surface area (Å²) < 4.78 is 27.6. The highest BCUT2D eigenvalue weighted by Crippen LogP contribution is 2.41. The largest absolute Gasteiger partial charge is 0.493 e. The third-order valence-electron chi connectivity index (χ3n) is 11.8. The van der Waals surface area contributed by atoms with Crippen molar-refractivity contribution >= 4 is 50.4 Å². The van der Waals surface area contributed by atoms with Crippen molar-refractivity contribution in [1.82, 2.24) is 25.1 Å². The molecule has 0 saturated carbocycles. The van der Waals surface area contributed by atoms with Crippen molar-refractivity contribution in [2.45, 2.75) is 103 Å². The molecule has 2 atom stereocenters. The number of carbonyl (C=O) groups excluding carboxylic acids is 3. The highest BCUT2D eigenvalue weighted by atomic mass is 79.9. The number of nitrogens with zero attached hydrogens (tertiary/aromatic N) is 4. The van der Waals surface area contributed by atoms with Crippen LogP contribution in [0.25, 0.3) is 10.9 Å². The number of benzene rings is 3. The first-order valence-corrected chi connectivity index (χ1v) is 21.0. The molecule has 3 aliphatic rings. The zero-order valence-corrected chi connectivity index (χ0v) is 34.8. The number of piperidine rings is 2. The highest BCUT2D eigenvalue weighted by Gasteiger charge is 2.41. The Morgan fingerprint density at radius 2 is 1.75 bits per heavy atom. The Morgan fingerprint density at radius 1 is 0.982 bits per heavy atom. The summed E-state index contributed by atoms with van der Waals surface area (Å²) in [5.74, 6) is 1.46. The van der Waals surface area contributed by atoms with Gasteiger partial charge in [-0.2, -0.15) is 0 Å². The number of amides is 3. The van der Waals surface area contributed by atoms with Gasteiger partial charge in [-0.3, -0.25) is 19.7 Å². The molecule has 4 aromatic rings. The van der Waals surface area contributed by atoms with Crippen molar-refractivity contribution < 1.29 is 28.2 Å². The van der Waals surface area contributed by atoms with E-state index in [-0.39, 0.29) is 43.2 Å². The van der Waals surface area contributed by atoms with Crippen LogP contribution in [0.3, 0.4) is 0 Å². The van der Waals surface area contributed by atoms with Crippen molar-refractivity contribution in [1.29, 1.82) is 0 Å². The molecule has 2 N–H and O–H groups in total. The molecular weight excluding hydrogens is 791 g/mol. The van der Waals surface area contributed by atoms with Crippen molar-refractivity contribution in [3.63, 3.8) is 0 Å². The number of aryl methyl sites for hydroxylation is 2. The van der Waals surface area contributed by atoms with E-state index in [1.54, 1.807) is 20.3 Å². The number of likely N-dealkylation sites (tertiary alicyclic amines) is 1. The van der Waals surface area contributed by atoms with Gasteiger partial charge in [0.25, 0.3) is 5.91 Å². The lowest BCUT2D eigenvalue weighted by Crippen LogP contribution is -2.52. The Hall–Kier alpha value is -4.62. The number of hydrogen-bond acceptors (Lipinski definition) is 9. The molecule has 57 heavy (non-hydrogen) atoms. The summed E-state index contributed by atoms with van der Waals surface area (Å²) in [7, 11) is 3.35. The molecule has 1 aromatic heterocycles. The number of anilines is 1. The summed E-state index contributed by atoms with van der Waals surface area (Å²) in [6, 6.07) is 12.4. The summed E-state index contributed by atoms with van der Waals surface area (Å²) in [5, 5.41) is 6.87. The molecule has 11 nitrogen and oxygen atoms in total. The Kier molecular flexibility index (Phi) is 12.7. The summed E-state index contributed by atoms with van der Waals surface area (Å²) in [6.07, 6.45) is 8.51. The number of methoxy groups -OCH3 is 2. The number of ether oxygens (including phenoxy) is 2. The molecule has 2 fully saturated rings. The first-order valence-electron chi connectivity index (χ1n) is 20.2. The number of fused-ring (bicyclic) bond motifs is 2. The van der Waals surface area contributed by atoms with Crippen molar-refractivity contribution in [3.05, 3.63) is 86.4 Å². The van der Waals surface area contributed by atoms with Gasteiger partial charge in [-0.05, 0) is 125 Å². The molecule has 1 unspecified atom stereocenters. The van der Waals surface area contributed by atoms with E-state index in [0.717, 1.165) is 120 Å². The minimum Gasteiger partial charge on any atom is -0.493 e. The van der Waals surface area contributed by atoms with Gasteiger partial charge in [0.2, 0.25) is 11.8 Å². The van der Waals surface area contributed by atoms with Crippen LogP contribution < -0.4 is 20.1 Å². The van der Waals surface area contributed by atoms with Crippen LogP contribution in [0.15, 0.2) is 46.9 Å². The molecule has 7 rings (SSSR count). The van der Waals surface area contributed by atoms with Crippen molar-refractivity contribution in [2.75, 3.05) is 39.2 Å². The first-order chi connectivity index (χ1) is 27.5. The van der Waals surface area contributed by atoms with E-state index in [1.165, 1.54) is 11.0 Å². The standard InChI is InChI=1S/C44H52BrFN6O5/c1-26(29-11-10-12-30(45)21-29)47-42-35-24-38(56-3)41(57-4)32(40(35)48-27(2)49-42)13-8-6-5-7-9-18-51-19-16-28(17-20-51)33-22-31(46)23-34-36(33)25-52(44(34)55)37-14-15-39(53)50-43(37)54/h10-12,21-24,26,28,37H,5-9,13-20,25H2,1-4H3,(H,47,48,49)(H,50,53,54)/t26-,37?/m1/s1. The van der Waals surface area contributed by atoms with E-state index in [2.05, 4.69) is 50.5 Å². The second-order valence-corrected chi connectivity index (χ2v) is 16.5. The van der Waals surface area contributed by atoms with E-state index in [1.807, 2.05) is 25.1 Å². The van der Waals surface area contributed by atoms with E-state index in [0.29, 0.717) is 17.1 Å². The summed E-state index contributed by atoms with van der Waals surface area (Å²) >= 11 is 3.59. The van der Waals surface area contributed by atoms with Gasteiger partial charge in [-0.25, -0.2) is 14.4 Å². The Labute approximate surface area is 342 Å². The fourth-order valence-electron chi connectivity index (χ4n) is 8.84. The fraction of sp³-hybridized carbons (Fsp3) is 0.477. The van der Waals surface area contributed by atoms with Crippen LogP contribution in [0.2, 0.25) is 0 Å². The summed E-state index contributed by atoms with van der Waals surface area (Å²) in [6.45, 7) is 7.18. The van der Waals surface area contributed by atoms with Crippen LogP contribution in [-0.2, 0) is 22.6 Å². The fourth-order valence-corrected chi connectivity index (χ4v) is 9.25. The summed E-state index contributed by atoms with van der Waals surface area (Å²) in [5.41, 5.74) is 5.13. The van der Waals surface area contributed by atoms with Gasteiger partial charge in [0.05, 0.1) is 25.8 Å². The maximum absolute atomic E-state index is 14.9. The van der Waals surface area contributed by atoms with Crippen LogP contribution in [-0.4, -0.2) is 77.4 Å². The van der Waals surface area contributed by atoms with Crippen LogP contribution in [0.4, 0.5) is 10.2 Å². The zero-order valence-electron chi connectivity index (χ0n) is 33.3. The number of carbonyl (C=O) groups is 3. The molecule has 302 valence electrons. The van der Waals surface area contributed by atoms with Crippen molar-refractivity contribution in [3.8, 4) is 11.5 Å². The molecule has 3 aromatic carbocycles. The van der Waals surface area contributed by atoms with Crippen LogP contribution in [0, 0.1) is 12.7 Å². The van der Waals surface area contributed by atoms with Crippen molar-refractivity contribution in [2.24, 2.45) is 0 Å². The molecule has 0 spiro atoms. The van der Waals surface area contributed by atoms with Gasteiger partial charge in [0, 0.05) is 34.0 Å². The van der Waals surface area contributed by atoms with Gasteiger partial charge in [0.1, 0.15) is 23.5 Å². The van der Waals surface area contributed by atoms with E-state index >= 15 is 0 Å². The molecule has 0 aliphatic carbocycles. The lowest BCUT2D eigenvalue weighted by atomic mass is 9.85. The van der Waals surface area contributed by atoms with E-state index in [9.17, 15) is 18.8 Å². The summed E-state index contributed by atoms with van der Waals surface area (Å²) in [4.78, 5) is 51.3. The smallest absolute Gasteiger partial charge is 0.255 e. The third-order valence-corrected chi connectivity index (χ3v) is 12.3. The minimum absolute atomic E-state index is 0.0175. The SMILES string of the molecule is COc1cc2c(N[C@H](C)c3cccc(Br)c3)nc(C)nc2c(CCCCCCCN2CCC(c3cc(F)cc4c3CN(C3CCC(=O)NC3=O)C4=O)CC2)c1OC. The number of aromatic nitrogens is 2. The molecule has 13 heteroatoms. The third kappa shape index (κ3) is 8.94. The molecule has 0 radical (unpaired) electrons. The molecular formula is C44H52BrFN6O5. The quantitative estimate of drug-likeness (QED) is 0.0901. The van der Waals surface area contributed by atoms with E-state index in [4.69, 9.17) is 19.4 Å². The molecule has 2 saturated heterocycles. The van der Waals surface area contributed by atoms with Gasteiger partial charge < -0.3 is 24.6 Å². The highest BCUT2D eigenvalue weighted by molar-refractivity contribution is 9.10. The van der Waals surface area contributed by atoms with Gasteiger partial charge >= 0.3 is 0 Å². The predicted molar refractivity (Wildman–Crippen MR) is 221 cm³/mol. The predicted octanol–water partition coefficient (Wildman–Crippen LogP) is 8.16. The second-order valence-electron chi connectivity index (χ2n) is 15.6. The Morgan fingerprint density at radius 3 is 2.49 bits per heavy atom. The van der Waals surface area contributed by atoms with Crippen LogP contribution in [0.1, 0.15) is 115 Å². The number of rotatable bonds is 15. The monoisotopic (exact) mass is 842 g/mol. The maximum Gasteiger partial charge on any atom is 0.255 e. The number of nitrogens with one attached hydrogen (secondary N) is 2. The molecule has 3 aliphatic heterocycles. The number of imide groups is 1. The second kappa shape index (κ2) is 17.9. The lowest BCUT2D eigenvalue weighted by molar-refractivity contribution is -0.136. The van der Waals surface area contributed by atoms with E-state index < -0.39 is 17.8 Å². The number of hydrogen-bond donors (Lipinski definition) is 2. The van der Waals surface area contributed by atoms with Crippen LogP contribution in [0.5, 0.6) is 11.5 Å². The average molecular weight is 844 g/mol. The lowest BCUT2D eigenvalue weighted by Gasteiger charge is -2.33. The zero-order chi connectivity index (χ0) is 40.2. The Balaban J connectivity index is 0.906. The first kappa shape index (κ1) is 40.6. The molecule has 0 bridgehead atoms. The van der Waals surface area contributed by atoms with Gasteiger partial charge in [-0.1, -0.05) is 47.3 Å².